The lowest BCUT2D eigenvalue weighted by molar-refractivity contribution is -0.123. The summed E-state index contributed by atoms with van der Waals surface area (Å²) in [6, 6.07) is 1.42. The maximum Gasteiger partial charge on any atom is 0.331 e. The molecule has 2 N–H and O–H groups in total. The molecule has 33 heavy (non-hydrogen) atoms. The summed E-state index contributed by atoms with van der Waals surface area (Å²) in [5.41, 5.74) is -1.17. The van der Waals surface area contributed by atoms with Crippen molar-refractivity contribution in [2.45, 2.75) is 122 Å². The van der Waals surface area contributed by atoms with Gasteiger partial charge in [0, 0.05) is 24.3 Å². The first kappa shape index (κ1) is 26.9. The van der Waals surface area contributed by atoms with Gasteiger partial charge in [0.25, 0.3) is 5.56 Å². The van der Waals surface area contributed by atoms with Crippen LogP contribution in [0.5, 0.6) is 0 Å². The van der Waals surface area contributed by atoms with Gasteiger partial charge in [-0.1, -0.05) is 71.6 Å². The fourth-order valence-corrected chi connectivity index (χ4v) is 4.55. The summed E-state index contributed by atoms with van der Waals surface area (Å²) in [6.07, 6.45) is 15.0. The van der Waals surface area contributed by atoms with Crippen molar-refractivity contribution in [3.05, 3.63) is 33.1 Å². The first-order chi connectivity index (χ1) is 15.9. The van der Waals surface area contributed by atoms with Crippen LogP contribution in [0.2, 0.25) is 0 Å². The van der Waals surface area contributed by atoms with E-state index in [1.807, 2.05) is 0 Å². The predicted octanol–water partition coefficient (Wildman–Crippen LogP) is 3.10. The lowest BCUT2D eigenvalue weighted by Gasteiger charge is -2.21. The second-order valence-corrected chi connectivity index (χ2v) is 9.31. The third-order valence-corrected chi connectivity index (χ3v) is 6.38. The number of carbonyl (C=O) groups excluding carboxylic acids is 2. The van der Waals surface area contributed by atoms with Gasteiger partial charge < -0.3 is 10.6 Å². The molecule has 0 aromatic carbocycles. The van der Waals surface area contributed by atoms with Crippen molar-refractivity contribution >= 4 is 11.8 Å². The minimum atomic E-state index is -0.636. The first-order valence-electron chi connectivity index (χ1n) is 12.8. The SMILES string of the molecule is CCCCC[C@H](CCC)NC(=O)Cn1ccc(=O)n(CC(=O)NC2CCCCCCC2)c1=O. The Kier molecular flexibility index (Phi) is 12.0. The van der Waals surface area contributed by atoms with Crippen LogP contribution in [0, 0.1) is 0 Å². The van der Waals surface area contributed by atoms with Gasteiger partial charge in [0.15, 0.2) is 0 Å². The standard InChI is InChI=1S/C25H42N4O4/c1-3-5-9-13-20(12-4-2)26-22(30)18-28-17-16-24(32)29(25(28)33)19-23(31)27-21-14-10-7-6-8-11-15-21/h16-17,20-21H,3-15,18-19H2,1-2H3,(H,26,30)(H,27,31)/t20-/m0/s1. The predicted molar refractivity (Wildman–Crippen MR) is 130 cm³/mol. The van der Waals surface area contributed by atoms with Crippen molar-refractivity contribution in [3.8, 4) is 0 Å². The molecule has 2 amide bonds. The molecule has 2 rings (SSSR count). The monoisotopic (exact) mass is 462 g/mol. The van der Waals surface area contributed by atoms with Gasteiger partial charge in [-0.25, -0.2) is 4.79 Å². The Balaban J connectivity index is 1.99. The molecule has 0 saturated heterocycles. The molecule has 0 aliphatic heterocycles. The normalized spacial score (nSPS) is 15.9. The summed E-state index contributed by atoms with van der Waals surface area (Å²) in [6.45, 7) is 3.73. The van der Waals surface area contributed by atoms with Gasteiger partial charge in [-0.05, 0) is 25.7 Å². The minimum Gasteiger partial charge on any atom is -0.352 e. The zero-order chi connectivity index (χ0) is 24.1. The van der Waals surface area contributed by atoms with Gasteiger partial charge in [-0.3, -0.25) is 23.5 Å². The molecule has 186 valence electrons. The van der Waals surface area contributed by atoms with Crippen LogP contribution >= 0.6 is 0 Å². The average Bonchev–Trinajstić information content (AvgIpc) is 2.75. The molecule has 1 aliphatic rings. The van der Waals surface area contributed by atoms with Crippen molar-refractivity contribution in [3.63, 3.8) is 0 Å². The zero-order valence-corrected chi connectivity index (χ0v) is 20.4. The van der Waals surface area contributed by atoms with Gasteiger partial charge in [-0.15, -0.1) is 0 Å². The van der Waals surface area contributed by atoms with E-state index in [1.54, 1.807) is 0 Å². The minimum absolute atomic E-state index is 0.0882. The van der Waals surface area contributed by atoms with Gasteiger partial charge >= 0.3 is 5.69 Å². The van der Waals surface area contributed by atoms with Crippen LogP contribution in [0.4, 0.5) is 0 Å². The Morgan fingerprint density at radius 3 is 2.30 bits per heavy atom. The third kappa shape index (κ3) is 9.56. The molecule has 1 saturated carbocycles. The molecular weight excluding hydrogens is 420 g/mol. The van der Waals surface area contributed by atoms with Crippen LogP contribution in [-0.4, -0.2) is 33.0 Å². The summed E-state index contributed by atoms with van der Waals surface area (Å²) >= 11 is 0. The first-order valence-corrected chi connectivity index (χ1v) is 12.8. The van der Waals surface area contributed by atoms with Crippen LogP contribution in [-0.2, 0) is 22.7 Å². The number of nitrogens with one attached hydrogen (secondary N) is 2. The summed E-state index contributed by atoms with van der Waals surface area (Å²) in [7, 11) is 0. The fourth-order valence-electron chi connectivity index (χ4n) is 4.55. The molecule has 0 radical (unpaired) electrons. The maximum absolute atomic E-state index is 12.8. The largest absolute Gasteiger partial charge is 0.352 e. The highest BCUT2D eigenvalue weighted by atomic mass is 16.2. The van der Waals surface area contributed by atoms with Gasteiger partial charge in [0.1, 0.15) is 13.1 Å². The second-order valence-electron chi connectivity index (χ2n) is 9.31. The topological polar surface area (TPSA) is 102 Å². The number of unbranched alkanes of at least 4 members (excludes halogenated alkanes) is 2. The number of amides is 2. The summed E-state index contributed by atoms with van der Waals surface area (Å²) in [5, 5.41) is 6.02. The van der Waals surface area contributed by atoms with Crippen molar-refractivity contribution in [1.82, 2.24) is 19.8 Å². The Morgan fingerprint density at radius 1 is 0.939 bits per heavy atom. The third-order valence-electron chi connectivity index (χ3n) is 6.38. The fraction of sp³-hybridized carbons (Fsp3) is 0.760. The lowest BCUT2D eigenvalue weighted by Crippen LogP contribution is -2.46. The van der Waals surface area contributed by atoms with Gasteiger partial charge in [-0.2, -0.15) is 0 Å². The summed E-state index contributed by atoms with van der Waals surface area (Å²) in [4.78, 5) is 50.3. The molecular formula is C25H42N4O4. The Labute approximate surface area is 197 Å². The number of aromatic nitrogens is 2. The summed E-state index contributed by atoms with van der Waals surface area (Å²) < 4.78 is 2.12. The Morgan fingerprint density at radius 2 is 1.64 bits per heavy atom. The highest BCUT2D eigenvalue weighted by Crippen LogP contribution is 2.17. The Bertz CT molecular complexity index is 853. The molecule has 1 aromatic heterocycles. The number of nitrogens with zero attached hydrogens (tertiary/aromatic N) is 2. The number of hydrogen-bond acceptors (Lipinski definition) is 4. The van der Waals surface area contributed by atoms with E-state index in [-0.39, 0.29) is 37.0 Å². The molecule has 1 aromatic rings. The van der Waals surface area contributed by atoms with Crippen molar-refractivity contribution in [2.75, 3.05) is 0 Å². The molecule has 8 nitrogen and oxygen atoms in total. The second kappa shape index (κ2) is 14.7. The molecule has 0 bridgehead atoms. The van der Waals surface area contributed by atoms with E-state index >= 15 is 0 Å². The smallest absolute Gasteiger partial charge is 0.331 e. The molecule has 0 spiro atoms. The number of hydrogen-bond donors (Lipinski definition) is 2. The van der Waals surface area contributed by atoms with Crippen molar-refractivity contribution < 1.29 is 9.59 Å². The molecule has 1 fully saturated rings. The number of carbonyl (C=O) groups is 2. The molecule has 8 heteroatoms. The average molecular weight is 463 g/mol. The van der Waals surface area contributed by atoms with Crippen LogP contribution in [0.1, 0.15) is 97.3 Å². The molecule has 1 aliphatic carbocycles. The quantitative estimate of drug-likeness (QED) is 0.466. The highest BCUT2D eigenvalue weighted by molar-refractivity contribution is 5.76. The van der Waals surface area contributed by atoms with Gasteiger partial charge in [0.2, 0.25) is 11.8 Å². The van der Waals surface area contributed by atoms with Crippen LogP contribution < -0.4 is 21.9 Å². The zero-order valence-electron chi connectivity index (χ0n) is 20.4. The van der Waals surface area contributed by atoms with E-state index in [0.29, 0.717) is 0 Å². The molecule has 0 unspecified atom stereocenters. The van der Waals surface area contributed by atoms with E-state index < -0.39 is 11.2 Å². The van der Waals surface area contributed by atoms with E-state index in [4.69, 9.17) is 0 Å². The molecule has 1 heterocycles. The summed E-state index contributed by atoms with van der Waals surface area (Å²) in [5.74, 6) is -0.586. The van der Waals surface area contributed by atoms with Crippen LogP contribution in [0.3, 0.4) is 0 Å². The molecule has 1 atom stereocenters. The van der Waals surface area contributed by atoms with Crippen molar-refractivity contribution in [1.29, 1.82) is 0 Å². The van der Waals surface area contributed by atoms with Gasteiger partial charge in [0.05, 0.1) is 0 Å². The van der Waals surface area contributed by atoms with E-state index in [2.05, 4.69) is 24.5 Å². The van der Waals surface area contributed by atoms with Crippen molar-refractivity contribution in [2.24, 2.45) is 0 Å². The number of rotatable bonds is 12. The highest BCUT2D eigenvalue weighted by Gasteiger charge is 2.17. The van der Waals surface area contributed by atoms with E-state index in [0.717, 1.165) is 68.8 Å². The maximum atomic E-state index is 12.8. The lowest BCUT2D eigenvalue weighted by atomic mass is 9.97. The van der Waals surface area contributed by atoms with E-state index in [1.165, 1.54) is 36.1 Å². The van der Waals surface area contributed by atoms with E-state index in [9.17, 15) is 19.2 Å². The Hall–Kier alpha value is -2.38. The van der Waals surface area contributed by atoms with Crippen LogP contribution in [0.25, 0.3) is 0 Å². The van der Waals surface area contributed by atoms with Crippen LogP contribution in [0.15, 0.2) is 21.9 Å².